The molecule has 5 nitrogen and oxygen atoms in total. The third-order valence-electron chi connectivity index (χ3n) is 3.13. The minimum absolute atomic E-state index is 0.398. The minimum atomic E-state index is -3.35. The lowest BCUT2D eigenvalue weighted by atomic mass is 10.4. The molecule has 0 unspecified atom stereocenters. The summed E-state index contributed by atoms with van der Waals surface area (Å²) in [6.45, 7) is 8.32. The van der Waals surface area contributed by atoms with Crippen LogP contribution in [0.25, 0.3) is 0 Å². The van der Waals surface area contributed by atoms with Crippen molar-refractivity contribution < 1.29 is 8.42 Å². The van der Waals surface area contributed by atoms with Crippen LogP contribution in [0, 0.1) is 0 Å². The van der Waals surface area contributed by atoms with Gasteiger partial charge in [-0.3, -0.25) is 0 Å². The highest BCUT2D eigenvalue weighted by Crippen LogP contribution is 2.19. The largest absolute Gasteiger partial charge is 0.349 e. The van der Waals surface area contributed by atoms with Crippen molar-refractivity contribution in [3.63, 3.8) is 0 Å². The molecule has 1 N–H and O–H groups in total. The van der Waals surface area contributed by atoms with Gasteiger partial charge in [-0.15, -0.1) is 0 Å². The van der Waals surface area contributed by atoms with E-state index in [1.54, 1.807) is 12.3 Å². The molecule has 0 saturated carbocycles. The van der Waals surface area contributed by atoms with Crippen molar-refractivity contribution in [3.05, 3.63) is 18.0 Å². The maximum Gasteiger partial charge on any atom is 0.244 e. The highest BCUT2D eigenvalue weighted by atomic mass is 32.2. The van der Waals surface area contributed by atoms with Crippen LogP contribution >= 0.6 is 0 Å². The van der Waals surface area contributed by atoms with Crippen LogP contribution in [0.15, 0.2) is 17.2 Å². The van der Waals surface area contributed by atoms with Crippen molar-refractivity contribution in [2.45, 2.75) is 45.2 Å². The molecule has 0 bridgehead atoms. The summed E-state index contributed by atoms with van der Waals surface area (Å²) in [6, 6.07) is 1.78. The summed E-state index contributed by atoms with van der Waals surface area (Å²) < 4.78 is 28.4. The Morgan fingerprint density at radius 3 is 2.37 bits per heavy atom. The maximum atomic E-state index is 12.5. The molecule has 1 rings (SSSR count). The van der Waals surface area contributed by atoms with Crippen LogP contribution < -0.4 is 5.32 Å². The molecule has 0 amide bonds. The van der Waals surface area contributed by atoms with E-state index >= 15 is 0 Å². The second-order valence-corrected chi connectivity index (χ2v) is 6.42. The zero-order valence-corrected chi connectivity index (χ0v) is 13.1. The van der Waals surface area contributed by atoms with Gasteiger partial charge in [0, 0.05) is 38.1 Å². The molecular weight excluding hydrogens is 262 g/mol. The third-order valence-corrected chi connectivity index (χ3v) is 5.14. The molecule has 0 aliphatic carbocycles. The lowest BCUT2D eigenvalue weighted by Crippen LogP contribution is -2.30. The van der Waals surface area contributed by atoms with Gasteiger partial charge in [0.2, 0.25) is 10.0 Å². The maximum absolute atomic E-state index is 12.5. The molecule has 0 aliphatic heterocycles. The molecule has 0 fully saturated rings. The van der Waals surface area contributed by atoms with Crippen LogP contribution in [0.2, 0.25) is 0 Å². The Morgan fingerprint density at radius 2 is 1.89 bits per heavy atom. The number of hydrogen-bond acceptors (Lipinski definition) is 3. The highest BCUT2D eigenvalue weighted by molar-refractivity contribution is 7.89. The first kappa shape index (κ1) is 16.2. The van der Waals surface area contributed by atoms with Crippen molar-refractivity contribution in [1.29, 1.82) is 0 Å². The van der Waals surface area contributed by atoms with Gasteiger partial charge in [0.15, 0.2) is 0 Å². The number of hydrogen-bond donors (Lipinski definition) is 1. The van der Waals surface area contributed by atoms with Gasteiger partial charge in [-0.25, -0.2) is 8.42 Å². The molecule has 1 heterocycles. The molecule has 0 aliphatic rings. The van der Waals surface area contributed by atoms with Crippen LogP contribution in [0.5, 0.6) is 0 Å². The molecule has 6 heteroatoms. The predicted octanol–water partition coefficient (Wildman–Crippen LogP) is 1.65. The first-order chi connectivity index (χ1) is 9.01. The van der Waals surface area contributed by atoms with Crippen LogP contribution in [0.3, 0.4) is 0 Å². The van der Waals surface area contributed by atoms with E-state index in [0.717, 1.165) is 18.7 Å². The first-order valence-electron chi connectivity index (χ1n) is 6.84. The van der Waals surface area contributed by atoms with Gasteiger partial charge < -0.3 is 9.88 Å². The smallest absolute Gasteiger partial charge is 0.244 e. The lowest BCUT2D eigenvalue weighted by Gasteiger charge is -2.17. The van der Waals surface area contributed by atoms with Gasteiger partial charge in [-0.1, -0.05) is 20.8 Å². The number of sulfonamides is 1. The highest BCUT2D eigenvalue weighted by Gasteiger charge is 2.23. The topological polar surface area (TPSA) is 54.3 Å². The SMILES string of the molecule is CCCn1cc(S(=O)(=O)N(CC)CC)cc1CNC. The van der Waals surface area contributed by atoms with E-state index in [4.69, 9.17) is 0 Å². The van der Waals surface area contributed by atoms with E-state index in [2.05, 4.69) is 12.2 Å². The standard InChI is InChI=1S/C13H25N3O2S/c1-5-8-15-11-13(9-12(15)10-14-4)19(17,18)16(6-2)7-3/h9,11,14H,5-8,10H2,1-4H3. The van der Waals surface area contributed by atoms with Gasteiger partial charge in [-0.05, 0) is 19.5 Å². The summed E-state index contributed by atoms with van der Waals surface area (Å²) in [4.78, 5) is 0.398. The summed E-state index contributed by atoms with van der Waals surface area (Å²) in [7, 11) is -1.49. The van der Waals surface area contributed by atoms with Gasteiger partial charge in [0.25, 0.3) is 0 Å². The Bertz CT molecular complexity index is 466. The van der Waals surface area contributed by atoms with E-state index in [9.17, 15) is 8.42 Å². The summed E-state index contributed by atoms with van der Waals surface area (Å²) in [5, 5.41) is 3.08. The van der Waals surface area contributed by atoms with E-state index < -0.39 is 10.0 Å². The fourth-order valence-electron chi connectivity index (χ4n) is 2.16. The fraction of sp³-hybridized carbons (Fsp3) is 0.692. The predicted molar refractivity (Wildman–Crippen MR) is 77.6 cm³/mol. The summed E-state index contributed by atoms with van der Waals surface area (Å²) >= 11 is 0. The summed E-state index contributed by atoms with van der Waals surface area (Å²) in [5.41, 5.74) is 1.01. The van der Waals surface area contributed by atoms with Crippen LogP contribution in [0.1, 0.15) is 32.9 Å². The quantitative estimate of drug-likeness (QED) is 0.791. The fourth-order valence-corrected chi connectivity index (χ4v) is 3.68. The lowest BCUT2D eigenvalue weighted by molar-refractivity contribution is 0.445. The van der Waals surface area contributed by atoms with Gasteiger partial charge >= 0.3 is 0 Å². The Labute approximate surface area is 116 Å². The number of rotatable bonds is 8. The molecule has 19 heavy (non-hydrogen) atoms. The Morgan fingerprint density at radius 1 is 1.26 bits per heavy atom. The average molecular weight is 287 g/mol. The molecule has 0 atom stereocenters. The number of nitrogens with zero attached hydrogens (tertiary/aromatic N) is 2. The Kier molecular flexibility index (Phi) is 6.03. The summed E-state index contributed by atoms with van der Waals surface area (Å²) in [5.74, 6) is 0. The van der Waals surface area contributed by atoms with Crippen LogP contribution in [-0.4, -0.2) is 37.4 Å². The van der Waals surface area contributed by atoms with E-state index in [0.29, 0.717) is 24.5 Å². The number of aromatic nitrogens is 1. The molecule has 0 spiro atoms. The molecular formula is C13H25N3O2S. The van der Waals surface area contributed by atoms with Crippen molar-refractivity contribution in [2.24, 2.45) is 0 Å². The number of nitrogens with one attached hydrogen (secondary N) is 1. The third kappa shape index (κ3) is 3.58. The van der Waals surface area contributed by atoms with E-state index in [-0.39, 0.29) is 0 Å². The molecule has 1 aromatic rings. The normalized spacial score (nSPS) is 12.3. The van der Waals surface area contributed by atoms with Crippen molar-refractivity contribution in [3.8, 4) is 0 Å². The molecule has 0 radical (unpaired) electrons. The second kappa shape index (κ2) is 7.07. The second-order valence-electron chi connectivity index (χ2n) is 4.48. The van der Waals surface area contributed by atoms with Gasteiger partial charge in [-0.2, -0.15) is 4.31 Å². The molecule has 1 aromatic heterocycles. The zero-order chi connectivity index (χ0) is 14.5. The number of aryl methyl sites for hydroxylation is 1. The first-order valence-corrected chi connectivity index (χ1v) is 8.29. The molecule has 110 valence electrons. The molecule has 0 aromatic carbocycles. The van der Waals surface area contributed by atoms with Gasteiger partial charge in [0.05, 0.1) is 0 Å². The monoisotopic (exact) mass is 287 g/mol. The van der Waals surface area contributed by atoms with Crippen molar-refractivity contribution >= 4 is 10.0 Å². The Hall–Kier alpha value is -0.850. The van der Waals surface area contributed by atoms with Crippen LogP contribution in [-0.2, 0) is 23.1 Å². The summed E-state index contributed by atoms with van der Waals surface area (Å²) in [6.07, 6.45) is 2.74. The van der Waals surface area contributed by atoms with E-state index in [1.165, 1.54) is 4.31 Å². The minimum Gasteiger partial charge on any atom is -0.349 e. The van der Waals surface area contributed by atoms with E-state index in [1.807, 2.05) is 25.5 Å². The van der Waals surface area contributed by atoms with Crippen LogP contribution in [0.4, 0.5) is 0 Å². The zero-order valence-electron chi connectivity index (χ0n) is 12.3. The van der Waals surface area contributed by atoms with Crippen molar-refractivity contribution in [2.75, 3.05) is 20.1 Å². The molecule has 0 saturated heterocycles. The van der Waals surface area contributed by atoms with Gasteiger partial charge in [0.1, 0.15) is 4.90 Å². The van der Waals surface area contributed by atoms with Crippen molar-refractivity contribution in [1.82, 2.24) is 14.2 Å². The Balaban J connectivity index is 3.16. The average Bonchev–Trinajstić information content (AvgIpc) is 2.76.